The third-order valence-electron chi connectivity index (χ3n) is 3.09. The van der Waals surface area contributed by atoms with Crippen LogP contribution in [0.1, 0.15) is 36.3 Å². The van der Waals surface area contributed by atoms with E-state index >= 15 is 0 Å². The predicted molar refractivity (Wildman–Crippen MR) is 66.4 cm³/mol. The van der Waals surface area contributed by atoms with Gasteiger partial charge in [0.25, 0.3) is 0 Å². The summed E-state index contributed by atoms with van der Waals surface area (Å²) in [5.74, 6) is 0.289. The highest BCUT2D eigenvalue weighted by Gasteiger charge is 2.27. The van der Waals surface area contributed by atoms with E-state index in [-0.39, 0.29) is 17.7 Å². The van der Waals surface area contributed by atoms with Crippen molar-refractivity contribution in [1.29, 1.82) is 0 Å². The molecule has 2 heterocycles. The van der Waals surface area contributed by atoms with E-state index in [0.717, 1.165) is 6.42 Å². The lowest BCUT2D eigenvalue weighted by molar-refractivity contribution is -0.132. The number of piperazine rings is 1. The molecule has 0 saturated carbocycles. The van der Waals surface area contributed by atoms with Crippen LogP contribution in [0.5, 0.6) is 0 Å². The van der Waals surface area contributed by atoms with Crippen molar-refractivity contribution in [1.82, 2.24) is 20.0 Å². The van der Waals surface area contributed by atoms with Crippen molar-refractivity contribution < 1.29 is 14.0 Å². The van der Waals surface area contributed by atoms with Crippen LogP contribution in [-0.4, -0.2) is 58.0 Å². The number of amides is 2. The molecule has 1 aliphatic heterocycles. The number of carbonyl (C=O) groups is 2. The van der Waals surface area contributed by atoms with Gasteiger partial charge in [-0.25, -0.2) is 0 Å². The van der Waals surface area contributed by atoms with Crippen molar-refractivity contribution in [3.63, 3.8) is 0 Å². The molecule has 0 aromatic carbocycles. The van der Waals surface area contributed by atoms with Gasteiger partial charge >= 0.3 is 11.8 Å². The van der Waals surface area contributed by atoms with Crippen molar-refractivity contribution in [2.45, 2.75) is 26.7 Å². The van der Waals surface area contributed by atoms with Crippen LogP contribution in [0.25, 0.3) is 0 Å². The Morgan fingerprint density at radius 2 is 1.79 bits per heavy atom. The number of carbonyl (C=O) groups excluding carboxylic acids is 2. The molecule has 1 aromatic heterocycles. The van der Waals surface area contributed by atoms with E-state index in [1.165, 1.54) is 0 Å². The zero-order valence-electron chi connectivity index (χ0n) is 11.3. The number of nitrogens with zero attached hydrogens (tertiary/aromatic N) is 4. The monoisotopic (exact) mass is 266 g/mol. The predicted octanol–water partition coefficient (Wildman–Crippen LogP) is 0.463. The summed E-state index contributed by atoms with van der Waals surface area (Å²) in [7, 11) is 0. The Bertz CT molecular complexity index is 463. The summed E-state index contributed by atoms with van der Waals surface area (Å²) in [5.41, 5.74) is 0. The van der Waals surface area contributed by atoms with E-state index in [1.54, 1.807) is 16.7 Å². The Hall–Kier alpha value is -1.92. The quantitative estimate of drug-likeness (QED) is 0.794. The second-order valence-electron chi connectivity index (χ2n) is 4.55. The van der Waals surface area contributed by atoms with Gasteiger partial charge in [0.1, 0.15) is 0 Å². The molecule has 7 heteroatoms. The van der Waals surface area contributed by atoms with E-state index in [0.29, 0.717) is 38.5 Å². The van der Waals surface area contributed by atoms with Gasteiger partial charge in [0.15, 0.2) is 0 Å². The van der Waals surface area contributed by atoms with Gasteiger partial charge in [-0.2, -0.15) is 0 Å². The number of aromatic nitrogens is 2. The standard InChI is InChI=1S/C12H18N4O3/c1-3-4-10(17)15-5-7-16(8-6-15)12(18)11-14-13-9(2)19-11/h3-8H2,1-2H3. The number of rotatable bonds is 3. The molecule has 0 unspecified atom stereocenters. The Kier molecular flexibility index (Phi) is 4.13. The summed E-state index contributed by atoms with van der Waals surface area (Å²) in [6, 6.07) is 0. The highest BCUT2D eigenvalue weighted by Crippen LogP contribution is 2.09. The first-order valence-electron chi connectivity index (χ1n) is 6.49. The van der Waals surface area contributed by atoms with Crippen LogP contribution in [0.4, 0.5) is 0 Å². The number of hydrogen-bond donors (Lipinski definition) is 0. The van der Waals surface area contributed by atoms with E-state index < -0.39 is 0 Å². The topological polar surface area (TPSA) is 79.5 Å². The summed E-state index contributed by atoms with van der Waals surface area (Å²) in [5, 5.41) is 7.36. The summed E-state index contributed by atoms with van der Waals surface area (Å²) in [6.45, 7) is 5.78. The maximum Gasteiger partial charge on any atom is 0.311 e. The number of aryl methyl sites for hydroxylation is 1. The van der Waals surface area contributed by atoms with Crippen molar-refractivity contribution in [2.75, 3.05) is 26.2 Å². The minimum Gasteiger partial charge on any atom is -0.417 e. The van der Waals surface area contributed by atoms with E-state index in [4.69, 9.17) is 4.42 Å². The molecule has 2 amide bonds. The summed E-state index contributed by atoms with van der Waals surface area (Å²) in [4.78, 5) is 27.2. The first kappa shape index (κ1) is 13.5. The molecule has 19 heavy (non-hydrogen) atoms. The normalized spacial score (nSPS) is 15.7. The highest BCUT2D eigenvalue weighted by molar-refractivity contribution is 5.89. The Labute approximate surface area is 111 Å². The van der Waals surface area contributed by atoms with Gasteiger partial charge in [0, 0.05) is 39.5 Å². The first-order chi connectivity index (χ1) is 9.11. The van der Waals surface area contributed by atoms with Crippen LogP contribution in [0, 0.1) is 6.92 Å². The lowest BCUT2D eigenvalue weighted by atomic mass is 10.2. The van der Waals surface area contributed by atoms with Crippen LogP contribution in [-0.2, 0) is 4.79 Å². The van der Waals surface area contributed by atoms with Gasteiger partial charge < -0.3 is 14.2 Å². The molecule has 0 aliphatic carbocycles. The molecular weight excluding hydrogens is 248 g/mol. The average Bonchev–Trinajstić information content (AvgIpc) is 2.85. The highest BCUT2D eigenvalue weighted by atomic mass is 16.4. The maximum absolute atomic E-state index is 12.0. The minimum atomic E-state index is -0.261. The third kappa shape index (κ3) is 3.10. The van der Waals surface area contributed by atoms with Crippen molar-refractivity contribution in [3.8, 4) is 0 Å². The molecule has 1 saturated heterocycles. The second-order valence-corrected chi connectivity index (χ2v) is 4.55. The summed E-state index contributed by atoms with van der Waals surface area (Å²) in [6.07, 6.45) is 1.41. The number of hydrogen-bond acceptors (Lipinski definition) is 5. The smallest absolute Gasteiger partial charge is 0.311 e. The SMILES string of the molecule is CCCC(=O)N1CCN(C(=O)c2nnc(C)o2)CC1. The molecular formula is C12H18N4O3. The Morgan fingerprint density at radius 3 is 2.32 bits per heavy atom. The van der Waals surface area contributed by atoms with Crippen LogP contribution < -0.4 is 0 Å². The lowest BCUT2D eigenvalue weighted by Gasteiger charge is -2.34. The van der Waals surface area contributed by atoms with E-state index in [2.05, 4.69) is 10.2 Å². The Morgan fingerprint density at radius 1 is 1.16 bits per heavy atom. The molecule has 1 aromatic rings. The van der Waals surface area contributed by atoms with Gasteiger partial charge in [-0.15, -0.1) is 10.2 Å². The van der Waals surface area contributed by atoms with Gasteiger partial charge in [-0.05, 0) is 6.42 Å². The lowest BCUT2D eigenvalue weighted by Crippen LogP contribution is -2.50. The van der Waals surface area contributed by atoms with Crippen molar-refractivity contribution in [2.24, 2.45) is 0 Å². The molecule has 104 valence electrons. The first-order valence-corrected chi connectivity index (χ1v) is 6.49. The fraction of sp³-hybridized carbons (Fsp3) is 0.667. The fourth-order valence-corrected chi connectivity index (χ4v) is 2.05. The van der Waals surface area contributed by atoms with Crippen LogP contribution in [0.2, 0.25) is 0 Å². The van der Waals surface area contributed by atoms with Crippen LogP contribution in [0.15, 0.2) is 4.42 Å². The summed E-state index contributed by atoms with van der Waals surface area (Å²) < 4.78 is 5.12. The minimum absolute atomic E-state index is 0.0193. The van der Waals surface area contributed by atoms with E-state index in [1.807, 2.05) is 6.92 Å². The molecule has 0 N–H and O–H groups in total. The van der Waals surface area contributed by atoms with E-state index in [9.17, 15) is 9.59 Å². The molecule has 7 nitrogen and oxygen atoms in total. The molecule has 0 bridgehead atoms. The second kappa shape index (κ2) is 5.81. The Balaban J connectivity index is 1.89. The average molecular weight is 266 g/mol. The van der Waals surface area contributed by atoms with Gasteiger partial charge in [-0.1, -0.05) is 6.92 Å². The van der Waals surface area contributed by atoms with Crippen molar-refractivity contribution >= 4 is 11.8 Å². The molecule has 0 atom stereocenters. The molecule has 0 spiro atoms. The summed E-state index contributed by atoms with van der Waals surface area (Å²) >= 11 is 0. The molecule has 1 aliphatic rings. The van der Waals surface area contributed by atoms with Crippen LogP contribution in [0.3, 0.4) is 0 Å². The van der Waals surface area contributed by atoms with Crippen molar-refractivity contribution in [3.05, 3.63) is 11.8 Å². The molecule has 0 radical (unpaired) electrons. The third-order valence-corrected chi connectivity index (χ3v) is 3.09. The van der Waals surface area contributed by atoms with Gasteiger partial charge in [0.05, 0.1) is 0 Å². The molecule has 2 rings (SSSR count). The zero-order chi connectivity index (χ0) is 13.8. The fourth-order valence-electron chi connectivity index (χ4n) is 2.05. The van der Waals surface area contributed by atoms with Crippen LogP contribution >= 0.6 is 0 Å². The molecule has 1 fully saturated rings. The van der Waals surface area contributed by atoms with Gasteiger partial charge in [0.2, 0.25) is 11.8 Å². The maximum atomic E-state index is 12.0. The largest absolute Gasteiger partial charge is 0.417 e. The van der Waals surface area contributed by atoms with Gasteiger partial charge in [-0.3, -0.25) is 9.59 Å². The zero-order valence-corrected chi connectivity index (χ0v) is 11.3.